The number of aromatic nitrogens is 2. The molecule has 5 heteroatoms. The van der Waals surface area contributed by atoms with Gasteiger partial charge in [-0.1, -0.05) is 42.5 Å². The van der Waals surface area contributed by atoms with E-state index in [4.69, 9.17) is 0 Å². The van der Waals surface area contributed by atoms with E-state index in [9.17, 15) is 9.59 Å². The highest BCUT2D eigenvalue weighted by atomic mass is 16.2. The van der Waals surface area contributed by atoms with Crippen molar-refractivity contribution >= 4 is 16.8 Å². The number of hydrogen-bond donors (Lipinski definition) is 1. The summed E-state index contributed by atoms with van der Waals surface area (Å²) in [5.74, 6) is -0.150. The summed E-state index contributed by atoms with van der Waals surface area (Å²) >= 11 is 0. The molecule has 5 nitrogen and oxygen atoms in total. The summed E-state index contributed by atoms with van der Waals surface area (Å²) in [6.07, 6.45) is 1.25. The zero-order valence-electron chi connectivity index (χ0n) is 12.8. The standard InChI is InChI=1S/C18H17N3O2/c1-13(14-7-3-2-4-8-14)20-18(23)12-21-16-10-6-5-9-15(16)17(22)11-19-21/h2-11,13H,12H2,1H3,(H,20,23). The van der Waals surface area contributed by atoms with Gasteiger partial charge in [0.05, 0.1) is 17.8 Å². The monoisotopic (exact) mass is 307 g/mol. The Hall–Kier alpha value is -2.95. The topological polar surface area (TPSA) is 64.0 Å². The summed E-state index contributed by atoms with van der Waals surface area (Å²) in [6, 6.07) is 16.8. The largest absolute Gasteiger partial charge is 0.348 e. The summed E-state index contributed by atoms with van der Waals surface area (Å²) in [4.78, 5) is 24.1. The minimum absolute atomic E-state index is 0.0674. The van der Waals surface area contributed by atoms with Crippen LogP contribution in [0, 0.1) is 0 Å². The SMILES string of the molecule is CC(NC(=O)Cn1ncc(=O)c2ccccc21)c1ccccc1. The van der Waals surface area contributed by atoms with Crippen LogP contribution in [-0.4, -0.2) is 15.7 Å². The highest BCUT2D eigenvalue weighted by Gasteiger charge is 2.11. The molecule has 23 heavy (non-hydrogen) atoms. The molecule has 0 fully saturated rings. The van der Waals surface area contributed by atoms with Gasteiger partial charge in [0, 0.05) is 5.39 Å². The first kappa shape index (κ1) is 15.0. The third-order valence-corrected chi connectivity index (χ3v) is 3.73. The Bertz CT molecular complexity index is 887. The number of amides is 1. The van der Waals surface area contributed by atoms with Gasteiger partial charge in [-0.3, -0.25) is 14.3 Å². The van der Waals surface area contributed by atoms with Crippen LogP contribution in [0.4, 0.5) is 0 Å². The Morgan fingerprint density at radius 1 is 1.13 bits per heavy atom. The molecule has 0 saturated heterocycles. The molecule has 0 aliphatic carbocycles. The van der Waals surface area contributed by atoms with Crippen LogP contribution < -0.4 is 10.7 Å². The Labute approximate surface area is 133 Å². The van der Waals surface area contributed by atoms with Gasteiger partial charge in [-0.25, -0.2) is 0 Å². The van der Waals surface area contributed by atoms with Gasteiger partial charge in [0.15, 0.2) is 0 Å². The van der Waals surface area contributed by atoms with E-state index in [1.54, 1.807) is 22.9 Å². The van der Waals surface area contributed by atoms with E-state index in [1.807, 2.05) is 43.3 Å². The molecule has 0 spiro atoms. The number of rotatable bonds is 4. The van der Waals surface area contributed by atoms with Gasteiger partial charge in [0.25, 0.3) is 0 Å². The van der Waals surface area contributed by atoms with Crippen molar-refractivity contribution in [2.24, 2.45) is 0 Å². The molecule has 1 amide bonds. The molecule has 2 aromatic carbocycles. The highest BCUT2D eigenvalue weighted by molar-refractivity contribution is 5.81. The second kappa shape index (κ2) is 6.44. The number of nitrogens with zero attached hydrogens (tertiary/aromatic N) is 2. The fraction of sp³-hybridized carbons (Fsp3) is 0.167. The highest BCUT2D eigenvalue weighted by Crippen LogP contribution is 2.12. The first-order valence-corrected chi connectivity index (χ1v) is 7.44. The van der Waals surface area contributed by atoms with Crippen molar-refractivity contribution in [2.75, 3.05) is 0 Å². The van der Waals surface area contributed by atoms with Crippen LogP contribution in [0.5, 0.6) is 0 Å². The van der Waals surface area contributed by atoms with Crippen molar-refractivity contribution in [3.05, 3.63) is 76.6 Å². The fourth-order valence-corrected chi connectivity index (χ4v) is 2.54. The third-order valence-electron chi connectivity index (χ3n) is 3.73. The molecular formula is C18H17N3O2. The minimum atomic E-state index is -0.150. The molecule has 0 saturated carbocycles. The fourth-order valence-electron chi connectivity index (χ4n) is 2.54. The molecule has 3 aromatic rings. The predicted octanol–water partition coefficient (Wildman–Crippen LogP) is 2.27. The molecule has 116 valence electrons. The molecule has 1 heterocycles. The maximum Gasteiger partial charge on any atom is 0.242 e. The van der Waals surface area contributed by atoms with Gasteiger partial charge in [0.2, 0.25) is 11.3 Å². The lowest BCUT2D eigenvalue weighted by Crippen LogP contribution is -2.31. The lowest BCUT2D eigenvalue weighted by molar-refractivity contribution is -0.122. The average Bonchev–Trinajstić information content (AvgIpc) is 2.58. The van der Waals surface area contributed by atoms with Gasteiger partial charge in [-0.15, -0.1) is 0 Å². The maximum atomic E-state index is 12.3. The Morgan fingerprint density at radius 2 is 1.83 bits per heavy atom. The van der Waals surface area contributed by atoms with E-state index >= 15 is 0 Å². The molecule has 0 aliphatic heterocycles. The number of carbonyl (C=O) groups excluding carboxylic acids is 1. The molecule has 1 N–H and O–H groups in total. The smallest absolute Gasteiger partial charge is 0.242 e. The van der Waals surface area contributed by atoms with Gasteiger partial charge < -0.3 is 5.32 Å². The average molecular weight is 307 g/mol. The lowest BCUT2D eigenvalue weighted by Gasteiger charge is -2.15. The van der Waals surface area contributed by atoms with Gasteiger partial charge in [-0.05, 0) is 24.6 Å². The number of carbonyl (C=O) groups is 1. The van der Waals surface area contributed by atoms with E-state index in [1.165, 1.54) is 6.20 Å². The number of para-hydroxylation sites is 1. The number of benzene rings is 2. The zero-order valence-corrected chi connectivity index (χ0v) is 12.8. The second-order valence-corrected chi connectivity index (χ2v) is 5.38. The lowest BCUT2D eigenvalue weighted by atomic mass is 10.1. The van der Waals surface area contributed by atoms with Crippen LogP contribution in [0.15, 0.2) is 65.6 Å². The molecule has 1 atom stereocenters. The Kier molecular flexibility index (Phi) is 4.19. The van der Waals surface area contributed by atoms with Crippen molar-refractivity contribution in [3.63, 3.8) is 0 Å². The van der Waals surface area contributed by atoms with Crippen LogP contribution in [0.2, 0.25) is 0 Å². The number of hydrogen-bond acceptors (Lipinski definition) is 3. The van der Waals surface area contributed by atoms with Crippen molar-refractivity contribution < 1.29 is 4.79 Å². The first-order valence-electron chi connectivity index (χ1n) is 7.44. The van der Waals surface area contributed by atoms with Crippen LogP contribution in [0.25, 0.3) is 10.9 Å². The quantitative estimate of drug-likeness (QED) is 0.804. The molecular weight excluding hydrogens is 290 g/mol. The van der Waals surface area contributed by atoms with Gasteiger partial charge in [0.1, 0.15) is 6.54 Å². The third kappa shape index (κ3) is 3.29. The van der Waals surface area contributed by atoms with E-state index < -0.39 is 0 Å². The first-order chi connectivity index (χ1) is 11.1. The molecule has 0 bridgehead atoms. The van der Waals surface area contributed by atoms with E-state index in [0.717, 1.165) is 5.56 Å². The Balaban J connectivity index is 1.79. The molecule has 1 unspecified atom stereocenters. The molecule has 0 radical (unpaired) electrons. The zero-order chi connectivity index (χ0) is 16.2. The van der Waals surface area contributed by atoms with Crippen molar-refractivity contribution in [1.82, 2.24) is 15.1 Å². The minimum Gasteiger partial charge on any atom is -0.348 e. The summed E-state index contributed by atoms with van der Waals surface area (Å²) in [7, 11) is 0. The van der Waals surface area contributed by atoms with Crippen LogP contribution in [-0.2, 0) is 11.3 Å². The molecule has 1 aromatic heterocycles. The number of nitrogens with one attached hydrogen (secondary N) is 1. The second-order valence-electron chi connectivity index (χ2n) is 5.38. The van der Waals surface area contributed by atoms with Gasteiger partial charge in [-0.2, -0.15) is 5.10 Å². The summed E-state index contributed by atoms with van der Waals surface area (Å²) < 4.78 is 1.55. The van der Waals surface area contributed by atoms with Crippen molar-refractivity contribution in [2.45, 2.75) is 19.5 Å². The Morgan fingerprint density at radius 3 is 2.61 bits per heavy atom. The normalized spacial score (nSPS) is 12.0. The molecule has 0 aliphatic rings. The van der Waals surface area contributed by atoms with E-state index in [-0.39, 0.29) is 23.9 Å². The van der Waals surface area contributed by atoms with E-state index in [2.05, 4.69) is 10.4 Å². The van der Waals surface area contributed by atoms with Crippen LogP contribution in [0.1, 0.15) is 18.5 Å². The number of fused-ring (bicyclic) bond motifs is 1. The van der Waals surface area contributed by atoms with Crippen molar-refractivity contribution in [1.29, 1.82) is 0 Å². The maximum absolute atomic E-state index is 12.3. The summed E-state index contributed by atoms with van der Waals surface area (Å²) in [5.41, 5.74) is 1.55. The van der Waals surface area contributed by atoms with Crippen molar-refractivity contribution in [3.8, 4) is 0 Å². The van der Waals surface area contributed by atoms with E-state index in [0.29, 0.717) is 10.9 Å². The predicted molar refractivity (Wildman–Crippen MR) is 89.0 cm³/mol. The van der Waals surface area contributed by atoms with Crippen LogP contribution >= 0.6 is 0 Å². The summed E-state index contributed by atoms with van der Waals surface area (Å²) in [5, 5.41) is 7.58. The summed E-state index contributed by atoms with van der Waals surface area (Å²) in [6.45, 7) is 2.00. The van der Waals surface area contributed by atoms with Gasteiger partial charge >= 0.3 is 0 Å². The van der Waals surface area contributed by atoms with Crippen LogP contribution in [0.3, 0.4) is 0 Å². The molecule has 3 rings (SSSR count).